The zero-order valence-electron chi connectivity index (χ0n) is 20.4. The highest BCUT2D eigenvalue weighted by Gasteiger charge is 2.35. The quantitative estimate of drug-likeness (QED) is 0.491. The normalized spacial score (nSPS) is 21.0. The first-order valence-corrected chi connectivity index (χ1v) is 11.6. The summed E-state index contributed by atoms with van der Waals surface area (Å²) in [7, 11) is 0. The van der Waals surface area contributed by atoms with Crippen molar-refractivity contribution in [3.05, 3.63) is 35.9 Å². The van der Waals surface area contributed by atoms with Gasteiger partial charge in [0.1, 0.15) is 5.60 Å². The molecule has 1 aromatic rings. The summed E-state index contributed by atoms with van der Waals surface area (Å²) in [6.07, 6.45) is 1.77. The standard InChI is InChI=1S/C25H41N3O4/c1-24(2,3)28-22(30)18-13-10-14-19(18)26-16-21(29)20(15-17-11-8-7-9-12-17)27-23(31)32-25(4,5)6/h7-9,11-12,18-21,26,29H,10,13-16H2,1-6H3,(H,27,31)(H,28,30)/t18-,19-,20+,21-/m1/s1. The predicted octanol–water partition coefficient (Wildman–Crippen LogP) is 3.16. The van der Waals surface area contributed by atoms with Gasteiger partial charge >= 0.3 is 6.09 Å². The SMILES string of the molecule is CC(C)(C)NC(=O)[C@@H]1CCC[C@H]1NC[C@@H](O)[C@H](Cc1ccccc1)NC(=O)OC(C)(C)C. The van der Waals surface area contributed by atoms with Gasteiger partial charge in [0, 0.05) is 18.1 Å². The van der Waals surface area contributed by atoms with Crippen LogP contribution in [0.1, 0.15) is 66.4 Å². The third-order valence-corrected chi connectivity index (χ3v) is 5.41. The molecule has 1 aliphatic rings. The summed E-state index contributed by atoms with van der Waals surface area (Å²) in [6.45, 7) is 11.6. The molecule has 0 spiro atoms. The minimum absolute atomic E-state index is 0.00546. The zero-order valence-corrected chi connectivity index (χ0v) is 20.4. The van der Waals surface area contributed by atoms with E-state index in [1.807, 2.05) is 51.1 Å². The van der Waals surface area contributed by atoms with Crippen molar-refractivity contribution in [2.75, 3.05) is 6.54 Å². The van der Waals surface area contributed by atoms with Crippen molar-refractivity contribution in [2.45, 2.75) is 96.6 Å². The van der Waals surface area contributed by atoms with Crippen LogP contribution in [0.2, 0.25) is 0 Å². The smallest absolute Gasteiger partial charge is 0.407 e. The number of rotatable bonds is 8. The Hall–Kier alpha value is -2.12. The Labute approximate surface area is 192 Å². The molecule has 0 aromatic heterocycles. The molecule has 7 nitrogen and oxygen atoms in total. The van der Waals surface area contributed by atoms with E-state index in [0.29, 0.717) is 6.42 Å². The maximum absolute atomic E-state index is 12.7. The number of alkyl carbamates (subject to hydrolysis) is 1. The van der Waals surface area contributed by atoms with Crippen LogP contribution in [-0.2, 0) is 16.0 Å². The molecule has 2 amide bonds. The number of benzene rings is 1. The Morgan fingerprint density at radius 1 is 1.09 bits per heavy atom. The molecule has 32 heavy (non-hydrogen) atoms. The predicted molar refractivity (Wildman–Crippen MR) is 126 cm³/mol. The molecule has 4 atom stereocenters. The number of carbonyl (C=O) groups excluding carboxylic acids is 2. The molecule has 180 valence electrons. The van der Waals surface area contributed by atoms with Crippen LogP contribution in [0, 0.1) is 5.92 Å². The molecular weight excluding hydrogens is 406 g/mol. The lowest BCUT2D eigenvalue weighted by Gasteiger charge is -2.29. The number of hydrogen-bond acceptors (Lipinski definition) is 5. The lowest BCUT2D eigenvalue weighted by Crippen LogP contribution is -2.53. The Morgan fingerprint density at radius 3 is 2.34 bits per heavy atom. The third kappa shape index (κ3) is 9.17. The Morgan fingerprint density at radius 2 is 1.75 bits per heavy atom. The molecule has 2 rings (SSSR count). The molecule has 1 saturated carbocycles. The molecule has 1 aromatic carbocycles. The van der Waals surface area contributed by atoms with Crippen LogP contribution < -0.4 is 16.0 Å². The number of aliphatic hydroxyl groups excluding tert-OH is 1. The maximum atomic E-state index is 12.7. The van der Waals surface area contributed by atoms with Crippen molar-refractivity contribution in [3.8, 4) is 0 Å². The molecule has 7 heteroatoms. The van der Waals surface area contributed by atoms with Crippen LogP contribution in [-0.4, -0.2) is 53.0 Å². The highest BCUT2D eigenvalue weighted by atomic mass is 16.6. The van der Waals surface area contributed by atoms with E-state index in [4.69, 9.17) is 4.74 Å². The number of nitrogens with one attached hydrogen (secondary N) is 3. The fourth-order valence-corrected chi connectivity index (χ4v) is 4.01. The van der Waals surface area contributed by atoms with Crippen molar-refractivity contribution in [1.29, 1.82) is 0 Å². The van der Waals surface area contributed by atoms with Gasteiger partial charge in [-0.2, -0.15) is 0 Å². The second-order valence-electron chi connectivity index (χ2n) is 10.8. The second-order valence-corrected chi connectivity index (χ2v) is 10.8. The Bertz CT molecular complexity index is 740. The fourth-order valence-electron chi connectivity index (χ4n) is 4.01. The van der Waals surface area contributed by atoms with Gasteiger partial charge in [-0.05, 0) is 66.4 Å². The van der Waals surface area contributed by atoms with Crippen LogP contribution in [0.15, 0.2) is 30.3 Å². The minimum atomic E-state index is -0.838. The van der Waals surface area contributed by atoms with Crippen LogP contribution >= 0.6 is 0 Å². The molecular formula is C25H41N3O4. The van der Waals surface area contributed by atoms with E-state index in [0.717, 1.165) is 24.8 Å². The molecule has 0 saturated heterocycles. The van der Waals surface area contributed by atoms with Crippen LogP contribution in [0.3, 0.4) is 0 Å². The van der Waals surface area contributed by atoms with E-state index in [9.17, 15) is 14.7 Å². The van der Waals surface area contributed by atoms with Crippen LogP contribution in [0.25, 0.3) is 0 Å². The number of aliphatic hydroxyl groups is 1. The first kappa shape index (κ1) is 26.1. The first-order chi connectivity index (χ1) is 14.8. The van der Waals surface area contributed by atoms with Crippen molar-refractivity contribution in [2.24, 2.45) is 5.92 Å². The maximum Gasteiger partial charge on any atom is 0.407 e. The first-order valence-electron chi connectivity index (χ1n) is 11.6. The highest BCUT2D eigenvalue weighted by Crippen LogP contribution is 2.26. The van der Waals surface area contributed by atoms with Gasteiger partial charge in [-0.1, -0.05) is 36.8 Å². The average Bonchev–Trinajstić information content (AvgIpc) is 3.12. The number of ether oxygens (including phenoxy) is 1. The van der Waals surface area contributed by atoms with E-state index in [1.54, 1.807) is 20.8 Å². The van der Waals surface area contributed by atoms with Crippen molar-refractivity contribution in [3.63, 3.8) is 0 Å². The number of carbonyl (C=O) groups is 2. The lowest BCUT2D eigenvalue weighted by atomic mass is 9.98. The van der Waals surface area contributed by atoms with Crippen molar-refractivity contribution >= 4 is 12.0 Å². The van der Waals surface area contributed by atoms with E-state index < -0.39 is 23.8 Å². The van der Waals surface area contributed by atoms with Gasteiger partial charge in [0.2, 0.25) is 5.91 Å². The molecule has 0 bridgehead atoms. The zero-order chi connectivity index (χ0) is 23.9. The summed E-state index contributed by atoms with van der Waals surface area (Å²) >= 11 is 0. The molecule has 0 radical (unpaired) electrons. The lowest BCUT2D eigenvalue weighted by molar-refractivity contribution is -0.126. The number of amides is 2. The van der Waals surface area contributed by atoms with Gasteiger partial charge in [0.25, 0.3) is 0 Å². The van der Waals surface area contributed by atoms with Gasteiger partial charge in [0.05, 0.1) is 18.1 Å². The molecule has 0 unspecified atom stereocenters. The molecule has 1 fully saturated rings. The average molecular weight is 448 g/mol. The molecule has 1 aliphatic carbocycles. The van der Waals surface area contributed by atoms with Crippen molar-refractivity contribution in [1.82, 2.24) is 16.0 Å². The fraction of sp³-hybridized carbons (Fsp3) is 0.680. The molecule has 0 aliphatic heterocycles. The summed E-state index contributed by atoms with van der Waals surface area (Å²) in [5.41, 5.74) is 0.111. The topological polar surface area (TPSA) is 99.7 Å². The van der Waals surface area contributed by atoms with Gasteiger partial charge in [0.15, 0.2) is 0 Å². The van der Waals surface area contributed by atoms with Gasteiger partial charge in [-0.15, -0.1) is 0 Å². The summed E-state index contributed by atoms with van der Waals surface area (Å²) < 4.78 is 5.39. The number of hydrogen-bond donors (Lipinski definition) is 4. The second kappa shape index (κ2) is 11.1. The molecule has 0 heterocycles. The summed E-state index contributed by atoms with van der Waals surface area (Å²) in [5.74, 6) is -0.0671. The van der Waals surface area contributed by atoms with Gasteiger partial charge in [-0.3, -0.25) is 4.79 Å². The largest absolute Gasteiger partial charge is 0.444 e. The summed E-state index contributed by atoms with van der Waals surface area (Å²) in [6, 6.07) is 9.21. The third-order valence-electron chi connectivity index (χ3n) is 5.41. The Balaban J connectivity index is 2.01. The van der Waals surface area contributed by atoms with E-state index in [-0.39, 0.29) is 30.0 Å². The van der Waals surface area contributed by atoms with E-state index in [1.165, 1.54) is 0 Å². The molecule has 4 N–H and O–H groups in total. The van der Waals surface area contributed by atoms with Gasteiger partial charge in [-0.25, -0.2) is 4.79 Å². The summed E-state index contributed by atoms with van der Waals surface area (Å²) in [5, 5.41) is 20.2. The van der Waals surface area contributed by atoms with Crippen LogP contribution in [0.4, 0.5) is 4.79 Å². The summed E-state index contributed by atoms with van der Waals surface area (Å²) in [4.78, 5) is 25.1. The van der Waals surface area contributed by atoms with Crippen molar-refractivity contribution < 1.29 is 19.4 Å². The Kier molecular flexibility index (Phi) is 9.10. The van der Waals surface area contributed by atoms with Gasteiger partial charge < -0.3 is 25.8 Å². The monoisotopic (exact) mass is 447 g/mol. The van der Waals surface area contributed by atoms with E-state index >= 15 is 0 Å². The highest BCUT2D eigenvalue weighted by molar-refractivity contribution is 5.80. The van der Waals surface area contributed by atoms with Crippen LogP contribution in [0.5, 0.6) is 0 Å². The van der Waals surface area contributed by atoms with E-state index in [2.05, 4.69) is 16.0 Å². The minimum Gasteiger partial charge on any atom is -0.444 e.